The molecule has 8 nitrogen and oxygen atoms in total. The van der Waals surface area contributed by atoms with Crippen LogP contribution in [0, 0.1) is 6.92 Å². The number of hydrogen-bond donors (Lipinski definition) is 1. The third-order valence-corrected chi connectivity index (χ3v) is 8.45. The molecule has 1 aliphatic heterocycles. The first-order chi connectivity index (χ1) is 20.7. The molecule has 4 aromatic rings. The first-order valence-electron chi connectivity index (χ1n) is 13.2. The predicted octanol–water partition coefficient (Wildman–Crippen LogP) is 7.71. The number of ether oxygens (including phenoxy) is 3. The zero-order chi connectivity index (χ0) is 30.5. The maximum atomic E-state index is 13.1. The van der Waals surface area contributed by atoms with Crippen molar-refractivity contribution < 1.29 is 28.6 Å². The normalized spacial score (nSPS) is 14.0. The van der Waals surface area contributed by atoms with Gasteiger partial charge in [-0.05, 0) is 87.5 Å². The van der Waals surface area contributed by atoms with Crippen LogP contribution in [0.25, 0.3) is 16.8 Å². The average molecular weight is 682 g/mol. The molecular formula is C32H26BrClN2O6S. The van der Waals surface area contributed by atoms with Crippen LogP contribution in [-0.2, 0) is 9.59 Å². The fourth-order valence-electron chi connectivity index (χ4n) is 4.38. The van der Waals surface area contributed by atoms with Crippen LogP contribution in [0.3, 0.4) is 0 Å². The lowest BCUT2D eigenvalue weighted by Gasteiger charge is -2.14. The second-order valence-electron chi connectivity index (χ2n) is 9.49. The molecule has 0 aromatic heterocycles. The van der Waals surface area contributed by atoms with Gasteiger partial charge in [-0.1, -0.05) is 54.1 Å². The van der Waals surface area contributed by atoms with Gasteiger partial charge in [0.15, 0.2) is 18.1 Å². The Morgan fingerprint density at radius 1 is 1.02 bits per heavy atom. The van der Waals surface area contributed by atoms with Crippen LogP contribution in [0.1, 0.15) is 11.1 Å². The largest absolute Gasteiger partial charge is 0.493 e. The van der Waals surface area contributed by atoms with Gasteiger partial charge in [0.25, 0.3) is 17.1 Å². The molecule has 1 saturated heterocycles. The van der Waals surface area contributed by atoms with Crippen LogP contribution in [-0.4, -0.2) is 48.8 Å². The minimum atomic E-state index is -0.403. The molecule has 1 aliphatic rings. The van der Waals surface area contributed by atoms with Gasteiger partial charge in [0, 0.05) is 16.1 Å². The molecule has 0 radical (unpaired) electrons. The number of imide groups is 1. The highest BCUT2D eigenvalue weighted by Gasteiger charge is 2.35. The number of amides is 3. The van der Waals surface area contributed by atoms with Gasteiger partial charge in [0.2, 0.25) is 0 Å². The Bertz CT molecular complexity index is 1760. The molecule has 4 aromatic carbocycles. The molecule has 1 heterocycles. The molecular weight excluding hydrogens is 656 g/mol. The Morgan fingerprint density at radius 2 is 1.81 bits per heavy atom. The molecule has 1 fully saturated rings. The molecule has 0 saturated carbocycles. The number of nitrogens with zero attached hydrogens (tertiary/aromatic N) is 1. The van der Waals surface area contributed by atoms with Crippen LogP contribution in [0.15, 0.2) is 82.2 Å². The Balaban J connectivity index is 1.22. The van der Waals surface area contributed by atoms with E-state index in [1.165, 1.54) is 12.0 Å². The molecule has 0 unspecified atom stereocenters. The number of hydrogen-bond acceptors (Lipinski definition) is 7. The summed E-state index contributed by atoms with van der Waals surface area (Å²) in [5.74, 6) is 0.567. The highest BCUT2D eigenvalue weighted by atomic mass is 79.9. The van der Waals surface area contributed by atoms with Gasteiger partial charge < -0.3 is 19.5 Å². The van der Waals surface area contributed by atoms with Crippen LogP contribution >= 0.6 is 39.3 Å². The Hall–Kier alpha value is -3.99. The standard InChI is InChI=1S/C32H26BrClN2O6S/c1-19-10-11-22(17-25(19)34)35-29(37)18-42-30-24(33)14-20(15-27(30)40-2)16-28-31(38)36(32(39)43-28)12-13-41-26-9-5-7-21-6-3-4-8-23(21)26/h3-11,14-17H,12-13,18H2,1-2H3,(H,35,37)/b28-16-. The number of carbonyl (C=O) groups excluding carboxylic acids is 3. The predicted molar refractivity (Wildman–Crippen MR) is 173 cm³/mol. The number of aryl methyl sites for hydroxylation is 1. The summed E-state index contributed by atoms with van der Waals surface area (Å²) >= 11 is 10.5. The van der Waals surface area contributed by atoms with Crippen molar-refractivity contribution >= 4 is 78.9 Å². The molecule has 3 amide bonds. The number of methoxy groups -OCH3 is 1. The van der Waals surface area contributed by atoms with Crippen molar-refractivity contribution in [1.82, 2.24) is 4.90 Å². The Kier molecular flexibility index (Phi) is 9.59. The number of nitrogens with one attached hydrogen (secondary N) is 1. The molecule has 0 spiro atoms. The first kappa shape index (κ1) is 30.5. The highest BCUT2D eigenvalue weighted by molar-refractivity contribution is 9.10. The van der Waals surface area contributed by atoms with Gasteiger partial charge in [0.1, 0.15) is 12.4 Å². The van der Waals surface area contributed by atoms with Crippen molar-refractivity contribution in [2.75, 3.05) is 32.2 Å². The summed E-state index contributed by atoms with van der Waals surface area (Å²) in [6, 6.07) is 22.2. The van der Waals surface area contributed by atoms with Crippen LogP contribution in [0.2, 0.25) is 5.02 Å². The molecule has 0 aliphatic carbocycles. The monoisotopic (exact) mass is 680 g/mol. The number of thioether (sulfide) groups is 1. The lowest BCUT2D eigenvalue weighted by molar-refractivity contribution is -0.123. The lowest BCUT2D eigenvalue weighted by atomic mass is 10.1. The van der Waals surface area contributed by atoms with E-state index >= 15 is 0 Å². The topological polar surface area (TPSA) is 94.2 Å². The van der Waals surface area contributed by atoms with Crippen molar-refractivity contribution in [3.63, 3.8) is 0 Å². The zero-order valence-electron chi connectivity index (χ0n) is 23.2. The second kappa shape index (κ2) is 13.5. The summed E-state index contributed by atoms with van der Waals surface area (Å²) in [5.41, 5.74) is 2.06. The Labute approximate surface area is 266 Å². The van der Waals surface area contributed by atoms with Crippen LogP contribution < -0.4 is 19.5 Å². The summed E-state index contributed by atoms with van der Waals surface area (Å²) in [6.45, 7) is 1.87. The van der Waals surface area contributed by atoms with E-state index in [0.717, 1.165) is 28.1 Å². The second-order valence-corrected chi connectivity index (χ2v) is 11.7. The first-order valence-corrected chi connectivity index (χ1v) is 15.1. The van der Waals surface area contributed by atoms with Crippen molar-refractivity contribution in [1.29, 1.82) is 0 Å². The third-order valence-electron chi connectivity index (χ3n) is 6.55. The van der Waals surface area contributed by atoms with Gasteiger partial charge in [-0.3, -0.25) is 19.3 Å². The molecule has 11 heteroatoms. The van der Waals surface area contributed by atoms with E-state index in [2.05, 4.69) is 21.2 Å². The van der Waals surface area contributed by atoms with E-state index in [-0.39, 0.29) is 35.8 Å². The number of benzene rings is 4. The van der Waals surface area contributed by atoms with E-state index in [0.29, 0.717) is 38.0 Å². The van der Waals surface area contributed by atoms with Gasteiger partial charge in [-0.15, -0.1) is 0 Å². The van der Waals surface area contributed by atoms with E-state index in [1.54, 1.807) is 30.3 Å². The number of rotatable bonds is 10. The van der Waals surface area contributed by atoms with E-state index in [9.17, 15) is 14.4 Å². The van der Waals surface area contributed by atoms with Crippen LogP contribution in [0.5, 0.6) is 17.2 Å². The average Bonchev–Trinajstić information content (AvgIpc) is 3.25. The van der Waals surface area contributed by atoms with Crippen molar-refractivity contribution in [3.05, 3.63) is 98.3 Å². The molecule has 5 rings (SSSR count). The maximum absolute atomic E-state index is 13.1. The smallest absolute Gasteiger partial charge is 0.293 e. The summed E-state index contributed by atoms with van der Waals surface area (Å²) < 4.78 is 17.7. The van der Waals surface area contributed by atoms with Crippen molar-refractivity contribution in [2.24, 2.45) is 0 Å². The quantitative estimate of drug-likeness (QED) is 0.172. The summed E-state index contributed by atoms with van der Waals surface area (Å²) in [6.07, 6.45) is 1.61. The van der Waals surface area contributed by atoms with E-state index in [1.807, 2.05) is 55.5 Å². The van der Waals surface area contributed by atoms with Crippen molar-refractivity contribution in [2.45, 2.75) is 6.92 Å². The SMILES string of the molecule is COc1cc(/C=C2\SC(=O)N(CCOc3cccc4ccccc34)C2=O)cc(Br)c1OCC(=O)Nc1ccc(C)c(Cl)c1. The van der Waals surface area contributed by atoms with Gasteiger partial charge >= 0.3 is 0 Å². The Morgan fingerprint density at radius 3 is 2.60 bits per heavy atom. The maximum Gasteiger partial charge on any atom is 0.293 e. The summed E-state index contributed by atoms with van der Waals surface area (Å²) in [4.78, 5) is 39.7. The van der Waals surface area contributed by atoms with E-state index in [4.69, 9.17) is 25.8 Å². The summed E-state index contributed by atoms with van der Waals surface area (Å²) in [5, 5.41) is 4.92. The zero-order valence-corrected chi connectivity index (χ0v) is 26.3. The number of halogens is 2. The number of fused-ring (bicyclic) bond motifs is 1. The molecule has 0 bridgehead atoms. The minimum Gasteiger partial charge on any atom is -0.493 e. The van der Waals surface area contributed by atoms with Crippen molar-refractivity contribution in [3.8, 4) is 17.2 Å². The molecule has 43 heavy (non-hydrogen) atoms. The molecule has 0 atom stereocenters. The third kappa shape index (κ3) is 7.15. The summed E-state index contributed by atoms with van der Waals surface area (Å²) in [7, 11) is 1.47. The highest BCUT2D eigenvalue weighted by Crippen LogP contribution is 2.39. The fraction of sp³-hybridized carbons (Fsp3) is 0.156. The number of anilines is 1. The number of carbonyl (C=O) groups is 3. The van der Waals surface area contributed by atoms with Gasteiger partial charge in [0.05, 0.1) is 23.0 Å². The van der Waals surface area contributed by atoms with Gasteiger partial charge in [-0.2, -0.15) is 0 Å². The van der Waals surface area contributed by atoms with Crippen LogP contribution in [0.4, 0.5) is 10.5 Å². The molecule has 1 N–H and O–H groups in total. The lowest BCUT2D eigenvalue weighted by Crippen LogP contribution is -2.32. The fourth-order valence-corrected chi connectivity index (χ4v) is 6.00. The minimum absolute atomic E-state index is 0.113. The van der Waals surface area contributed by atoms with E-state index < -0.39 is 5.91 Å². The van der Waals surface area contributed by atoms with Gasteiger partial charge in [-0.25, -0.2) is 0 Å². The molecule has 220 valence electrons.